The van der Waals surface area contributed by atoms with E-state index in [9.17, 15) is 4.79 Å². The molecule has 0 spiro atoms. The molecular weight excluding hydrogens is 332 g/mol. The zero-order chi connectivity index (χ0) is 16.1. The Kier molecular flexibility index (Phi) is 5.05. The van der Waals surface area contributed by atoms with E-state index in [-0.39, 0.29) is 5.91 Å². The second kappa shape index (κ2) is 7.39. The first-order valence-electron chi connectivity index (χ1n) is 7.19. The van der Waals surface area contributed by atoms with Gasteiger partial charge in [0.05, 0.1) is 0 Å². The van der Waals surface area contributed by atoms with Gasteiger partial charge in [-0.3, -0.25) is 9.48 Å². The van der Waals surface area contributed by atoms with Crippen LogP contribution in [0.25, 0.3) is 10.6 Å². The average molecular weight is 347 g/mol. The summed E-state index contributed by atoms with van der Waals surface area (Å²) < 4.78 is 1.84. The fourth-order valence-electron chi connectivity index (χ4n) is 2.07. The number of nitrogens with zero attached hydrogens (tertiary/aromatic N) is 3. The Morgan fingerprint density at radius 3 is 2.87 bits per heavy atom. The molecule has 0 aliphatic carbocycles. The van der Waals surface area contributed by atoms with Gasteiger partial charge in [-0.1, -0.05) is 23.7 Å². The quantitative estimate of drug-likeness (QED) is 0.695. The Balaban J connectivity index is 1.52. The summed E-state index contributed by atoms with van der Waals surface area (Å²) >= 11 is 7.32. The molecule has 0 fully saturated rings. The number of hydrogen-bond acceptors (Lipinski definition) is 4. The largest absolute Gasteiger partial charge is 0.351 e. The summed E-state index contributed by atoms with van der Waals surface area (Å²) in [6.45, 7) is 1.37. The van der Waals surface area contributed by atoms with Gasteiger partial charge in [0.2, 0.25) is 0 Å². The highest BCUT2D eigenvalue weighted by atomic mass is 35.5. The highest BCUT2D eigenvalue weighted by Crippen LogP contribution is 2.25. The molecule has 23 heavy (non-hydrogen) atoms. The van der Waals surface area contributed by atoms with E-state index >= 15 is 0 Å². The average Bonchev–Trinajstić information content (AvgIpc) is 3.24. The number of carbonyl (C=O) groups is 1. The van der Waals surface area contributed by atoms with Crippen LogP contribution in [-0.4, -0.2) is 27.2 Å². The van der Waals surface area contributed by atoms with Crippen LogP contribution in [0.3, 0.4) is 0 Å². The molecule has 0 aliphatic rings. The van der Waals surface area contributed by atoms with Crippen LogP contribution in [0.15, 0.2) is 48.1 Å². The minimum atomic E-state index is -0.151. The second-order valence-electron chi connectivity index (χ2n) is 4.92. The van der Waals surface area contributed by atoms with E-state index in [1.54, 1.807) is 11.6 Å². The van der Waals surface area contributed by atoms with Crippen LogP contribution in [0, 0.1) is 0 Å². The number of thiazole rings is 1. The van der Waals surface area contributed by atoms with Crippen LogP contribution in [-0.2, 0) is 6.54 Å². The molecule has 3 aromatic rings. The summed E-state index contributed by atoms with van der Waals surface area (Å²) in [6, 6.07) is 9.30. The third kappa shape index (κ3) is 4.18. The van der Waals surface area contributed by atoms with Crippen LogP contribution in [0.4, 0.5) is 0 Å². The fourth-order valence-corrected chi connectivity index (χ4v) is 3.00. The summed E-state index contributed by atoms with van der Waals surface area (Å²) in [5, 5.41) is 10.3. The van der Waals surface area contributed by atoms with E-state index in [1.165, 1.54) is 11.3 Å². The molecule has 1 aromatic carbocycles. The van der Waals surface area contributed by atoms with Gasteiger partial charge in [-0.05, 0) is 24.6 Å². The molecule has 5 nitrogen and oxygen atoms in total. The van der Waals surface area contributed by atoms with Crippen LogP contribution >= 0.6 is 22.9 Å². The number of aryl methyl sites for hydroxylation is 1. The smallest absolute Gasteiger partial charge is 0.270 e. The number of nitrogens with one attached hydrogen (secondary N) is 1. The van der Waals surface area contributed by atoms with Gasteiger partial charge in [-0.15, -0.1) is 11.3 Å². The number of amides is 1. The van der Waals surface area contributed by atoms with Crippen molar-refractivity contribution in [3.63, 3.8) is 0 Å². The lowest BCUT2D eigenvalue weighted by Crippen LogP contribution is -2.25. The monoisotopic (exact) mass is 346 g/mol. The van der Waals surface area contributed by atoms with Crippen molar-refractivity contribution in [1.82, 2.24) is 20.1 Å². The number of halogens is 1. The van der Waals surface area contributed by atoms with E-state index in [2.05, 4.69) is 15.4 Å². The van der Waals surface area contributed by atoms with Crippen LogP contribution in [0.5, 0.6) is 0 Å². The maximum absolute atomic E-state index is 12.1. The normalized spacial score (nSPS) is 10.7. The number of rotatable bonds is 6. The van der Waals surface area contributed by atoms with E-state index in [1.807, 2.05) is 41.2 Å². The Morgan fingerprint density at radius 1 is 1.30 bits per heavy atom. The van der Waals surface area contributed by atoms with Gasteiger partial charge in [0.1, 0.15) is 10.7 Å². The molecule has 1 N–H and O–H groups in total. The third-order valence-corrected chi connectivity index (χ3v) is 4.38. The fraction of sp³-hybridized carbons (Fsp3) is 0.188. The SMILES string of the molecule is O=C(NCCCn1cccn1)c1csc(-c2ccc(Cl)cc2)n1. The molecule has 0 aliphatic heterocycles. The van der Waals surface area contributed by atoms with Crippen LogP contribution < -0.4 is 5.32 Å². The molecule has 2 heterocycles. The van der Waals surface area contributed by atoms with Crippen molar-refractivity contribution < 1.29 is 4.79 Å². The maximum atomic E-state index is 12.1. The summed E-state index contributed by atoms with van der Waals surface area (Å²) in [5.41, 5.74) is 1.40. The lowest BCUT2D eigenvalue weighted by Gasteiger charge is -2.03. The highest BCUT2D eigenvalue weighted by Gasteiger charge is 2.11. The molecule has 0 bridgehead atoms. The van der Waals surface area contributed by atoms with Gasteiger partial charge in [-0.25, -0.2) is 4.98 Å². The summed E-state index contributed by atoms with van der Waals surface area (Å²) in [4.78, 5) is 16.5. The zero-order valence-corrected chi connectivity index (χ0v) is 13.8. The topological polar surface area (TPSA) is 59.8 Å². The van der Waals surface area contributed by atoms with Gasteiger partial charge in [-0.2, -0.15) is 5.10 Å². The first-order valence-corrected chi connectivity index (χ1v) is 8.45. The minimum Gasteiger partial charge on any atom is -0.351 e. The Bertz CT molecular complexity index is 768. The summed E-state index contributed by atoms with van der Waals surface area (Å²) in [7, 11) is 0. The molecule has 0 saturated carbocycles. The molecule has 2 aromatic heterocycles. The second-order valence-corrected chi connectivity index (χ2v) is 6.22. The molecule has 0 unspecified atom stereocenters. The molecule has 0 atom stereocenters. The maximum Gasteiger partial charge on any atom is 0.270 e. The predicted octanol–water partition coefficient (Wildman–Crippen LogP) is 3.48. The van der Waals surface area contributed by atoms with Gasteiger partial charge < -0.3 is 5.32 Å². The third-order valence-electron chi connectivity index (χ3n) is 3.24. The molecule has 3 rings (SSSR count). The van der Waals surface area contributed by atoms with Crippen LogP contribution in [0.1, 0.15) is 16.9 Å². The Hall–Kier alpha value is -2.18. The number of benzene rings is 1. The molecule has 0 saturated heterocycles. The highest BCUT2D eigenvalue weighted by molar-refractivity contribution is 7.13. The number of aromatic nitrogens is 3. The van der Waals surface area contributed by atoms with Gasteiger partial charge in [0.25, 0.3) is 5.91 Å². The lowest BCUT2D eigenvalue weighted by atomic mass is 10.2. The van der Waals surface area contributed by atoms with Gasteiger partial charge in [0.15, 0.2) is 0 Å². The van der Waals surface area contributed by atoms with E-state index in [0.717, 1.165) is 23.5 Å². The first-order chi connectivity index (χ1) is 11.2. The van der Waals surface area contributed by atoms with Crippen LogP contribution in [0.2, 0.25) is 5.02 Å². The van der Waals surface area contributed by atoms with Crippen molar-refractivity contribution in [3.8, 4) is 10.6 Å². The standard InChI is InChI=1S/C16H15ClN4OS/c17-13-5-3-12(4-6-13)16-20-14(11-23-16)15(22)18-7-1-9-21-10-2-8-19-21/h2-6,8,10-11H,1,7,9H2,(H,18,22). The van der Waals surface area contributed by atoms with Crippen molar-refractivity contribution in [2.45, 2.75) is 13.0 Å². The lowest BCUT2D eigenvalue weighted by molar-refractivity contribution is 0.0948. The van der Waals surface area contributed by atoms with E-state index in [4.69, 9.17) is 11.6 Å². The molecule has 1 amide bonds. The zero-order valence-electron chi connectivity index (χ0n) is 12.3. The first kappa shape index (κ1) is 15.7. The summed E-state index contributed by atoms with van der Waals surface area (Å²) in [6.07, 6.45) is 4.47. The molecule has 118 valence electrons. The van der Waals surface area contributed by atoms with Gasteiger partial charge in [0, 0.05) is 41.4 Å². The molecule has 7 heteroatoms. The van der Waals surface area contributed by atoms with Crippen molar-refractivity contribution in [2.24, 2.45) is 0 Å². The summed E-state index contributed by atoms with van der Waals surface area (Å²) in [5.74, 6) is -0.151. The van der Waals surface area contributed by atoms with Crippen molar-refractivity contribution in [1.29, 1.82) is 0 Å². The molecule has 0 radical (unpaired) electrons. The van der Waals surface area contributed by atoms with Gasteiger partial charge >= 0.3 is 0 Å². The van der Waals surface area contributed by atoms with Crippen molar-refractivity contribution >= 4 is 28.8 Å². The Morgan fingerprint density at radius 2 is 2.13 bits per heavy atom. The van der Waals surface area contributed by atoms with E-state index in [0.29, 0.717) is 17.3 Å². The predicted molar refractivity (Wildman–Crippen MR) is 91.7 cm³/mol. The number of hydrogen-bond donors (Lipinski definition) is 1. The van der Waals surface area contributed by atoms with E-state index < -0.39 is 0 Å². The number of carbonyl (C=O) groups excluding carboxylic acids is 1. The van der Waals surface area contributed by atoms with Crippen molar-refractivity contribution in [3.05, 3.63) is 58.8 Å². The van der Waals surface area contributed by atoms with Crippen molar-refractivity contribution in [2.75, 3.05) is 6.54 Å². The molecular formula is C16H15ClN4OS. The Labute approximate surface area is 142 Å². The minimum absolute atomic E-state index is 0.151.